The molecule has 3 atom stereocenters. The molecule has 3 heterocycles. The molecule has 2 aliphatic rings. The van der Waals surface area contributed by atoms with E-state index in [2.05, 4.69) is 21.7 Å². The van der Waals surface area contributed by atoms with E-state index in [9.17, 15) is 14.7 Å². The Morgan fingerprint density at radius 1 is 1.28 bits per heavy atom. The van der Waals surface area contributed by atoms with Crippen LogP contribution in [0.15, 0.2) is 12.3 Å². The van der Waals surface area contributed by atoms with Crippen molar-refractivity contribution in [2.75, 3.05) is 46.4 Å². The van der Waals surface area contributed by atoms with Crippen LogP contribution in [0.5, 0.6) is 5.88 Å². The van der Waals surface area contributed by atoms with Gasteiger partial charge in [-0.1, -0.05) is 39.0 Å². The lowest BCUT2D eigenvalue weighted by molar-refractivity contribution is -0.131. The van der Waals surface area contributed by atoms with Gasteiger partial charge in [0.25, 0.3) is 5.91 Å². The van der Waals surface area contributed by atoms with Crippen LogP contribution in [-0.2, 0) is 4.79 Å². The minimum atomic E-state index is -0.360. The molecule has 0 bridgehead atoms. The van der Waals surface area contributed by atoms with Crippen molar-refractivity contribution in [2.45, 2.75) is 65.5 Å². The highest BCUT2D eigenvalue weighted by molar-refractivity contribution is 5.97. The summed E-state index contributed by atoms with van der Waals surface area (Å²) < 4.78 is 6.30. The highest BCUT2D eigenvalue weighted by Gasteiger charge is 2.34. The zero-order chi connectivity index (χ0) is 26.2. The zero-order valence-corrected chi connectivity index (χ0v) is 22.5. The summed E-state index contributed by atoms with van der Waals surface area (Å²) in [5.41, 5.74) is 0.980. The molecule has 3 rings (SSSR count). The predicted molar refractivity (Wildman–Crippen MR) is 140 cm³/mol. The van der Waals surface area contributed by atoms with Crippen LogP contribution in [0.2, 0.25) is 0 Å². The molecule has 198 valence electrons. The summed E-state index contributed by atoms with van der Waals surface area (Å²) in [6.07, 6.45) is 5.44. The predicted octanol–water partition coefficient (Wildman–Crippen LogP) is 2.64. The molecule has 0 aliphatic carbocycles. The van der Waals surface area contributed by atoms with Crippen molar-refractivity contribution < 1.29 is 19.4 Å². The Hall–Kier alpha value is -2.63. The highest BCUT2D eigenvalue weighted by Crippen LogP contribution is 2.27. The Labute approximate surface area is 216 Å². The fourth-order valence-electron chi connectivity index (χ4n) is 4.62. The van der Waals surface area contributed by atoms with Crippen molar-refractivity contribution >= 4 is 11.8 Å². The number of carbonyl (C=O) groups excluding carboxylic acids is 2. The number of rotatable bonds is 7. The number of aliphatic hydroxyl groups is 1. The Balaban J connectivity index is 1.79. The highest BCUT2D eigenvalue weighted by atomic mass is 16.5. The number of fused-ring (bicyclic) bond motifs is 1. The zero-order valence-electron chi connectivity index (χ0n) is 22.5. The number of ether oxygens (including phenoxy) is 1. The van der Waals surface area contributed by atoms with Crippen molar-refractivity contribution in [1.82, 2.24) is 19.7 Å². The van der Waals surface area contributed by atoms with Crippen LogP contribution in [0.3, 0.4) is 0 Å². The smallest absolute Gasteiger partial charge is 0.259 e. The van der Waals surface area contributed by atoms with Crippen LogP contribution in [0.25, 0.3) is 0 Å². The number of pyridine rings is 1. The lowest BCUT2D eigenvalue weighted by Crippen LogP contribution is -2.50. The van der Waals surface area contributed by atoms with Gasteiger partial charge in [0.15, 0.2) is 0 Å². The Bertz CT molecular complexity index is 964. The maximum absolute atomic E-state index is 13.5. The molecule has 0 unspecified atom stereocenters. The molecule has 1 aromatic heterocycles. The van der Waals surface area contributed by atoms with Gasteiger partial charge < -0.3 is 24.5 Å². The van der Waals surface area contributed by atoms with Crippen molar-refractivity contribution in [2.24, 2.45) is 11.8 Å². The second kappa shape index (κ2) is 13.1. The molecule has 2 amide bonds. The lowest BCUT2D eigenvalue weighted by atomic mass is 9.99. The van der Waals surface area contributed by atoms with Crippen LogP contribution in [0.1, 0.15) is 69.3 Å². The quantitative estimate of drug-likeness (QED) is 0.582. The first kappa shape index (κ1) is 27.9. The molecule has 0 radical (unpaired) electrons. The number of likely N-dealkylation sites (tertiary alicyclic amines) is 1. The van der Waals surface area contributed by atoms with Gasteiger partial charge in [-0.2, -0.15) is 0 Å². The van der Waals surface area contributed by atoms with Gasteiger partial charge in [0, 0.05) is 50.2 Å². The number of likely N-dealkylation sites (N-methyl/N-ethyl adjacent to an activating group) is 1. The summed E-state index contributed by atoms with van der Waals surface area (Å²) in [4.78, 5) is 36.6. The SMILES string of the molecule is CC(C)C#Cc1cnc2c(c1)C(=O)N([C@@H](C)CO)C[C@@H](C)[C@@H](CN(C)C(=O)CCN1CCCCC1)O2. The monoisotopic (exact) mass is 498 g/mol. The van der Waals surface area contributed by atoms with Crippen LogP contribution in [0, 0.1) is 23.7 Å². The van der Waals surface area contributed by atoms with Crippen LogP contribution < -0.4 is 4.74 Å². The molecule has 2 aliphatic heterocycles. The third kappa shape index (κ3) is 7.44. The van der Waals surface area contributed by atoms with E-state index < -0.39 is 0 Å². The molecule has 8 heteroatoms. The molecular weight excluding hydrogens is 456 g/mol. The van der Waals surface area contributed by atoms with E-state index in [1.54, 1.807) is 22.1 Å². The lowest BCUT2D eigenvalue weighted by Gasteiger charge is -2.37. The summed E-state index contributed by atoms with van der Waals surface area (Å²) >= 11 is 0. The molecule has 1 aromatic rings. The van der Waals surface area contributed by atoms with E-state index >= 15 is 0 Å². The Morgan fingerprint density at radius 2 is 2.00 bits per heavy atom. The average molecular weight is 499 g/mol. The molecule has 1 saturated heterocycles. The summed E-state index contributed by atoms with van der Waals surface area (Å²) in [6, 6.07) is 1.36. The average Bonchev–Trinajstić information content (AvgIpc) is 2.88. The first-order chi connectivity index (χ1) is 17.2. The molecule has 1 fully saturated rings. The number of hydrogen-bond donors (Lipinski definition) is 1. The molecular formula is C28H42N4O4. The van der Waals surface area contributed by atoms with Gasteiger partial charge in [-0.05, 0) is 38.9 Å². The summed E-state index contributed by atoms with van der Waals surface area (Å²) in [5, 5.41) is 9.83. The van der Waals surface area contributed by atoms with Crippen molar-refractivity contribution in [3.63, 3.8) is 0 Å². The summed E-state index contributed by atoms with van der Waals surface area (Å²) in [5.74, 6) is 6.39. The first-order valence-electron chi connectivity index (χ1n) is 13.3. The molecule has 8 nitrogen and oxygen atoms in total. The number of carbonyl (C=O) groups is 2. The number of aromatic nitrogens is 1. The molecule has 1 N–H and O–H groups in total. The second-order valence-electron chi connectivity index (χ2n) is 10.6. The minimum Gasteiger partial charge on any atom is -0.472 e. The maximum Gasteiger partial charge on any atom is 0.259 e. The third-order valence-corrected chi connectivity index (χ3v) is 7.00. The van der Waals surface area contributed by atoms with Crippen molar-refractivity contribution in [3.8, 4) is 17.7 Å². The number of piperidine rings is 1. The second-order valence-corrected chi connectivity index (χ2v) is 10.6. The molecule has 0 aromatic carbocycles. The van der Waals surface area contributed by atoms with Gasteiger partial charge in [-0.25, -0.2) is 4.98 Å². The van der Waals surface area contributed by atoms with Gasteiger partial charge in [-0.3, -0.25) is 9.59 Å². The minimum absolute atomic E-state index is 0.0735. The summed E-state index contributed by atoms with van der Waals surface area (Å²) in [6.45, 7) is 11.4. The summed E-state index contributed by atoms with van der Waals surface area (Å²) in [7, 11) is 1.81. The number of aliphatic hydroxyl groups excluding tert-OH is 1. The largest absolute Gasteiger partial charge is 0.472 e. The van der Waals surface area contributed by atoms with Crippen molar-refractivity contribution in [3.05, 3.63) is 23.4 Å². The molecule has 0 saturated carbocycles. The van der Waals surface area contributed by atoms with Crippen molar-refractivity contribution in [1.29, 1.82) is 0 Å². The Morgan fingerprint density at radius 3 is 2.67 bits per heavy atom. The third-order valence-electron chi connectivity index (χ3n) is 7.00. The topological polar surface area (TPSA) is 86.2 Å². The van der Waals surface area contributed by atoms with E-state index in [0.717, 1.165) is 19.6 Å². The van der Waals surface area contributed by atoms with E-state index in [-0.39, 0.29) is 48.3 Å². The standard InChI is InChI=1S/C28H42N4O4/c1-20(2)9-10-23-15-24-27(29-16-23)36-25(21(3)17-32(28(24)35)22(4)19-33)18-30(5)26(34)11-14-31-12-7-6-8-13-31/h15-16,20-22,25,33H,6-8,11-14,17-19H2,1-5H3/t21-,22+,25-/m1/s1. The van der Waals surface area contributed by atoms with Crippen LogP contribution in [-0.4, -0.2) is 95.1 Å². The van der Waals surface area contributed by atoms with Gasteiger partial charge in [0.1, 0.15) is 11.7 Å². The molecule has 36 heavy (non-hydrogen) atoms. The van der Waals surface area contributed by atoms with Gasteiger partial charge in [0.05, 0.1) is 19.2 Å². The fraction of sp³-hybridized carbons (Fsp3) is 0.679. The first-order valence-corrected chi connectivity index (χ1v) is 13.3. The van der Waals surface area contributed by atoms with E-state index in [1.807, 2.05) is 34.7 Å². The van der Waals surface area contributed by atoms with Gasteiger partial charge >= 0.3 is 0 Å². The van der Waals surface area contributed by atoms with Gasteiger partial charge in [0.2, 0.25) is 11.8 Å². The number of nitrogens with zero attached hydrogens (tertiary/aromatic N) is 4. The fourth-order valence-corrected chi connectivity index (χ4v) is 4.62. The maximum atomic E-state index is 13.5. The number of amides is 2. The Kier molecular flexibility index (Phi) is 10.1. The molecule has 0 spiro atoms. The van der Waals surface area contributed by atoms with E-state index in [0.29, 0.717) is 30.6 Å². The van der Waals surface area contributed by atoms with Crippen LogP contribution in [0.4, 0.5) is 0 Å². The normalized spacial score (nSPS) is 21.5. The number of hydrogen-bond acceptors (Lipinski definition) is 6. The van der Waals surface area contributed by atoms with E-state index in [1.165, 1.54) is 19.3 Å². The van der Waals surface area contributed by atoms with Gasteiger partial charge in [-0.15, -0.1) is 0 Å². The van der Waals surface area contributed by atoms with E-state index in [4.69, 9.17) is 4.74 Å². The van der Waals surface area contributed by atoms with Crippen LogP contribution >= 0.6 is 0 Å².